The highest BCUT2D eigenvalue weighted by Crippen LogP contribution is 2.26. The van der Waals surface area contributed by atoms with Crippen LogP contribution < -0.4 is 0 Å². The summed E-state index contributed by atoms with van der Waals surface area (Å²) in [5.41, 5.74) is 0. The lowest BCUT2D eigenvalue weighted by Gasteiger charge is -2.22. The molecule has 0 fully saturated rings. The predicted molar refractivity (Wildman–Crippen MR) is 54.7 cm³/mol. The normalized spacial score (nSPS) is 13.7. The van der Waals surface area contributed by atoms with Crippen molar-refractivity contribution >= 4 is 5.97 Å². The van der Waals surface area contributed by atoms with Crippen LogP contribution in [0, 0.1) is 17.8 Å². The monoisotopic (exact) mass is 186 g/mol. The molecule has 0 aromatic rings. The largest absolute Gasteiger partial charge is 0.481 e. The Balaban J connectivity index is 4.30. The van der Waals surface area contributed by atoms with E-state index in [-0.39, 0.29) is 5.92 Å². The number of carboxylic acids is 1. The number of hydrogen-bond donors (Lipinski definition) is 1. The number of carbonyl (C=O) groups is 1. The number of hydrogen-bond acceptors (Lipinski definition) is 1. The van der Waals surface area contributed by atoms with Crippen LogP contribution in [0.15, 0.2) is 0 Å². The molecule has 78 valence electrons. The lowest BCUT2D eigenvalue weighted by atomic mass is 9.82. The van der Waals surface area contributed by atoms with Gasteiger partial charge >= 0.3 is 5.97 Å². The first-order chi connectivity index (χ1) is 6.02. The van der Waals surface area contributed by atoms with Crippen molar-refractivity contribution in [2.75, 3.05) is 0 Å². The van der Waals surface area contributed by atoms with Crippen LogP contribution in [-0.4, -0.2) is 11.1 Å². The number of rotatable bonds is 6. The Morgan fingerprint density at radius 3 is 1.92 bits per heavy atom. The second kappa shape index (κ2) is 6.01. The fraction of sp³-hybridized carbons (Fsp3) is 0.909. The van der Waals surface area contributed by atoms with Gasteiger partial charge in [0.05, 0.1) is 5.92 Å². The van der Waals surface area contributed by atoms with Crippen LogP contribution in [0.3, 0.4) is 0 Å². The van der Waals surface area contributed by atoms with Gasteiger partial charge in [-0.1, -0.05) is 40.5 Å². The Labute approximate surface area is 81.3 Å². The van der Waals surface area contributed by atoms with Gasteiger partial charge < -0.3 is 5.11 Å². The van der Waals surface area contributed by atoms with E-state index in [1.54, 1.807) is 0 Å². The van der Waals surface area contributed by atoms with Gasteiger partial charge in [0.1, 0.15) is 0 Å². The topological polar surface area (TPSA) is 37.3 Å². The van der Waals surface area contributed by atoms with Gasteiger partial charge in [-0.25, -0.2) is 0 Å². The first-order valence-corrected chi connectivity index (χ1v) is 5.25. The number of aliphatic carboxylic acids is 1. The van der Waals surface area contributed by atoms with Gasteiger partial charge in [-0.2, -0.15) is 0 Å². The Kier molecular flexibility index (Phi) is 5.76. The van der Waals surface area contributed by atoms with E-state index in [0.717, 1.165) is 19.3 Å². The molecule has 2 heteroatoms. The molecule has 0 aliphatic rings. The fourth-order valence-electron chi connectivity index (χ4n) is 1.86. The summed E-state index contributed by atoms with van der Waals surface area (Å²) in [6.07, 6.45) is 2.75. The van der Waals surface area contributed by atoms with E-state index in [0.29, 0.717) is 11.8 Å². The molecule has 0 saturated heterocycles. The van der Waals surface area contributed by atoms with E-state index >= 15 is 0 Å². The minimum absolute atomic E-state index is 0.144. The van der Waals surface area contributed by atoms with E-state index in [4.69, 9.17) is 5.11 Å². The quantitative estimate of drug-likeness (QED) is 0.691. The number of carboxylic acid groups (broad SMARTS) is 1. The molecule has 1 N–H and O–H groups in total. The molecule has 0 aliphatic carbocycles. The third-order valence-electron chi connectivity index (χ3n) is 2.66. The third-order valence-corrected chi connectivity index (χ3v) is 2.66. The van der Waals surface area contributed by atoms with Crippen molar-refractivity contribution in [3.63, 3.8) is 0 Å². The van der Waals surface area contributed by atoms with E-state index < -0.39 is 5.97 Å². The van der Waals surface area contributed by atoms with Crippen molar-refractivity contribution in [3.05, 3.63) is 0 Å². The van der Waals surface area contributed by atoms with Crippen molar-refractivity contribution in [2.45, 2.75) is 47.0 Å². The smallest absolute Gasteiger partial charge is 0.306 e. The van der Waals surface area contributed by atoms with E-state index in [1.807, 2.05) is 0 Å². The SMILES string of the molecule is CCC(CC)C(CC(C)C)C(=O)O. The summed E-state index contributed by atoms with van der Waals surface area (Å²) in [6, 6.07) is 0. The van der Waals surface area contributed by atoms with Gasteiger partial charge in [-0.3, -0.25) is 4.79 Å². The van der Waals surface area contributed by atoms with Crippen LogP contribution in [0.5, 0.6) is 0 Å². The molecular weight excluding hydrogens is 164 g/mol. The maximum atomic E-state index is 11.0. The molecule has 1 unspecified atom stereocenters. The molecule has 13 heavy (non-hydrogen) atoms. The van der Waals surface area contributed by atoms with Crippen LogP contribution in [0.1, 0.15) is 47.0 Å². The van der Waals surface area contributed by atoms with Gasteiger partial charge in [-0.15, -0.1) is 0 Å². The maximum absolute atomic E-state index is 11.0. The minimum atomic E-state index is -0.623. The molecule has 0 aromatic carbocycles. The van der Waals surface area contributed by atoms with Crippen LogP contribution in [-0.2, 0) is 4.79 Å². The van der Waals surface area contributed by atoms with E-state index in [9.17, 15) is 4.79 Å². The molecule has 0 saturated carbocycles. The Morgan fingerprint density at radius 1 is 1.23 bits per heavy atom. The zero-order valence-electron chi connectivity index (χ0n) is 9.21. The van der Waals surface area contributed by atoms with Crippen LogP contribution in [0.25, 0.3) is 0 Å². The Bertz CT molecular complexity index is 148. The Hall–Kier alpha value is -0.530. The summed E-state index contributed by atoms with van der Waals surface area (Å²) < 4.78 is 0. The van der Waals surface area contributed by atoms with Crippen molar-refractivity contribution in [1.82, 2.24) is 0 Å². The van der Waals surface area contributed by atoms with Gasteiger partial charge in [-0.05, 0) is 18.3 Å². The molecular formula is C11H22O2. The van der Waals surface area contributed by atoms with Gasteiger partial charge in [0, 0.05) is 0 Å². The third kappa shape index (κ3) is 4.30. The summed E-state index contributed by atoms with van der Waals surface area (Å²) in [4.78, 5) is 11.0. The second-order valence-electron chi connectivity index (χ2n) is 4.15. The predicted octanol–water partition coefficient (Wildman–Crippen LogP) is 3.17. The fourth-order valence-corrected chi connectivity index (χ4v) is 1.86. The molecule has 0 aliphatic heterocycles. The Morgan fingerprint density at radius 2 is 1.69 bits per heavy atom. The molecule has 0 radical (unpaired) electrons. The molecule has 1 atom stereocenters. The maximum Gasteiger partial charge on any atom is 0.306 e. The molecule has 0 spiro atoms. The highest BCUT2D eigenvalue weighted by Gasteiger charge is 2.25. The minimum Gasteiger partial charge on any atom is -0.481 e. The zero-order chi connectivity index (χ0) is 10.4. The lowest BCUT2D eigenvalue weighted by molar-refractivity contribution is -0.144. The standard InChI is InChI=1S/C11H22O2/c1-5-9(6-2)10(11(12)13)7-8(3)4/h8-10H,5-7H2,1-4H3,(H,12,13). The summed E-state index contributed by atoms with van der Waals surface area (Å²) in [5.74, 6) is 0.0546. The first-order valence-electron chi connectivity index (χ1n) is 5.25. The molecule has 2 nitrogen and oxygen atoms in total. The van der Waals surface area contributed by atoms with E-state index in [2.05, 4.69) is 27.7 Å². The molecule has 0 amide bonds. The van der Waals surface area contributed by atoms with Crippen molar-refractivity contribution in [1.29, 1.82) is 0 Å². The highest BCUT2D eigenvalue weighted by molar-refractivity contribution is 5.70. The van der Waals surface area contributed by atoms with Gasteiger partial charge in [0.25, 0.3) is 0 Å². The van der Waals surface area contributed by atoms with Gasteiger partial charge in [0.2, 0.25) is 0 Å². The average Bonchev–Trinajstić information content (AvgIpc) is 2.04. The zero-order valence-corrected chi connectivity index (χ0v) is 9.21. The summed E-state index contributed by atoms with van der Waals surface area (Å²) in [7, 11) is 0. The molecule has 0 bridgehead atoms. The first kappa shape index (κ1) is 12.5. The second-order valence-corrected chi connectivity index (χ2v) is 4.15. The van der Waals surface area contributed by atoms with Crippen molar-refractivity contribution in [2.24, 2.45) is 17.8 Å². The molecule has 0 aromatic heterocycles. The summed E-state index contributed by atoms with van der Waals surface area (Å²) in [5, 5.41) is 9.05. The average molecular weight is 186 g/mol. The van der Waals surface area contributed by atoms with E-state index in [1.165, 1.54) is 0 Å². The molecule has 0 heterocycles. The summed E-state index contributed by atoms with van der Waals surface area (Å²) in [6.45, 7) is 8.31. The van der Waals surface area contributed by atoms with Gasteiger partial charge in [0.15, 0.2) is 0 Å². The van der Waals surface area contributed by atoms with Crippen LogP contribution in [0.2, 0.25) is 0 Å². The van der Waals surface area contributed by atoms with Crippen LogP contribution >= 0.6 is 0 Å². The lowest BCUT2D eigenvalue weighted by Crippen LogP contribution is -2.24. The summed E-state index contributed by atoms with van der Waals surface area (Å²) >= 11 is 0. The molecule has 0 rings (SSSR count). The highest BCUT2D eigenvalue weighted by atomic mass is 16.4. The van der Waals surface area contributed by atoms with Crippen LogP contribution in [0.4, 0.5) is 0 Å². The van der Waals surface area contributed by atoms with Crippen molar-refractivity contribution in [3.8, 4) is 0 Å². The van der Waals surface area contributed by atoms with Crippen molar-refractivity contribution < 1.29 is 9.90 Å².